The van der Waals surface area contributed by atoms with E-state index in [2.05, 4.69) is 17.1 Å². The van der Waals surface area contributed by atoms with Gasteiger partial charge in [0.25, 0.3) is 0 Å². The molecular formula is C15H29N3O2. The molecule has 116 valence electrons. The number of amides is 1. The molecule has 0 aromatic rings. The molecule has 0 bridgehead atoms. The van der Waals surface area contributed by atoms with Crippen molar-refractivity contribution in [3.8, 4) is 0 Å². The standard InChI is InChI=1S/C15H29N3O2/c1-13(11-18-6-2-3-7-18)10-17-14(19)15(12-16)4-8-20-9-5-15/h13H,2-12,16H2,1H3,(H,17,19). The summed E-state index contributed by atoms with van der Waals surface area (Å²) in [5.74, 6) is 0.614. The highest BCUT2D eigenvalue weighted by Crippen LogP contribution is 2.29. The smallest absolute Gasteiger partial charge is 0.227 e. The van der Waals surface area contributed by atoms with Gasteiger partial charge in [-0.15, -0.1) is 0 Å². The Morgan fingerprint density at radius 3 is 2.60 bits per heavy atom. The Labute approximate surface area is 122 Å². The van der Waals surface area contributed by atoms with Crippen LogP contribution in [0.5, 0.6) is 0 Å². The van der Waals surface area contributed by atoms with Crippen LogP contribution >= 0.6 is 0 Å². The molecule has 1 atom stereocenters. The Morgan fingerprint density at radius 2 is 2.00 bits per heavy atom. The predicted octanol–water partition coefficient (Wildman–Crippen LogP) is 0.590. The van der Waals surface area contributed by atoms with Crippen molar-refractivity contribution in [3.63, 3.8) is 0 Å². The highest BCUT2D eigenvalue weighted by Gasteiger charge is 2.38. The molecule has 5 heteroatoms. The van der Waals surface area contributed by atoms with Crippen LogP contribution < -0.4 is 11.1 Å². The average molecular weight is 283 g/mol. The molecule has 2 rings (SSSR count). The molecule has 2 saturated heterocycles. The van der Waals surface area contributed by atoms with Gasteiger partial charge in [-0.2, -0.15) is 0 Å². The van der Waals surface area contributed by atoms with E-state index >= 15 is 0 Å². The fourth-order valence-electron chi connectivity index (χ4n) is 3.21. The molecule has 2 aliphatic rings. The summed E-state index contributed by atoms with van der Waals surface area (Å²) in [6.45, 7) is 8.17. The minimum absolute atomic E-state index is 0.122. The van der Waals surface area contributed by atoms with E-state index in [1.807, 2.05) is 0 Å². The number of hydrogen-bond acceptors (Lipinski definition) is 4. The molecule has 3 N–H and O–H groups in total. The third-order valence-corrected chi connectivity index (χ3v) is 4.70. The molecule has 2 heterocycles. The molecule has 1 amide bonds. The molecule has 0 aliphatic carbocycles. The normalized spacial score (nSPS) is 24.5. The zero-order valence-electron chi connectivity index (χ0n) is 12.7. The second-order valence-electron chi connectivity index (χ2n) is 6.42. The summed E-state index contributed by atoms with van der Waals surface area (Å²) in [5.41, 5.74) is 5.46. The molecule has 0 radical (unpaired) electrons. The molecule has 1 unspecified atom stereocenters. The Kier molecular flexibility index (Phi) is 5.81. The quantitative estimate of drug-likeness (QED) is 0.749. The van der Waals surface area contributed by atoms with Crippen molar-refractivity contribution in [3.05, 3.63) is 0 Å². The van der Waals surface area contributed by atoms with Gasteiger partial charge in [0.2, 0.25) is 5.91 Å². The van der Waals surface area contributed by atoms with Crippen molar-refractivity contribution in [1.82, 2.24) is 10.2 Å². The second-order valence-corrected chi connectivity index (χ2v) is 6.42. The van der Waals surface area contributed by atoms with E-state index in [9.17, 15) is 4.79 Å². The number of carbonyl (C=O) groups is 1. The Bertz CT molecular complexity index is 310. The zero-order chi connectivity index (χ0) is 14.4. The minimum atomic E-state index is -0.397. The fourth-order valence-corrected chi connectivity index (χ4v) is 3.21. The van der Waals surface area contributed by atoms with Gasteiger partial charge >= 0.3 is 0 Å². The molecule has 2 fully saturated rings. The van der Waals surface area contributed by atoms with E-state index in [-0.39, 0.29) is 5.91 Å². The van der Waals surface area contributed by atoms with Crippen LogP contribution in [0.2, 0.25) is 0 Å². The van der Waals surface area contributed by atoms with Crippen LogP contribution in [-0.4, -0.2) is 56.7 Å². The van der Waals surface area contributed by atoms with Crippen LogP contribution in [0.25, 0.3) is 0 Å². The number of carbonyl (C=O) groups excluding carboxylic acids is 1. The lowest BCUT2D eigenvalue weighted by Crippen LogP contribution is -2.50. The van der Waals surface area contributed by atoms with Crippen molar-refractivity contribution < 1.29 is 9.53 Å². The van der Waals surface area contributed by atoms with Crippen LogP contribution in [0.15, 0.2) is 0 Å². The first-order chi connectivity index (χ1) is 9.66. The fraction of sp³-hybridized carbons (Fsp3) is 0.933. The summed E-state index contributed by atoms with van der Waals surface area (Å²) in [5, 5.41) is 3.12. The van der Waals surface area contributed by atoms with Crippen LogP contribution in [-0.2, 0) is 9.53 Å². The lowest BCUT2D eigenvalue weighted by Gasteiger charge is -2.35. The van der Waals surface area contributed by atoms with Gasteiger partial charge in [0, 0.05) is 32.8 Å². The Balaban J connectivity index is 1.75. The number of nitrogens with zero attached hydrogens (tertiary/aromatic N) is 1. The maximum atomic E-state index is 12.4. The number of hydrogen-bond donors (Lipinski definition) is 2. The molecule has 0 saturated carbocycles. The van der Waals surface area contributed by atoms with Gasteiger partial charge < -0.3 is 20.7 Å². The summed E-state index contributed by atoms with van der Waals surface area (Å²) in [7, 11) is 0. The third kappa shape index (κ3) is 3.93. The Hall–Kier alpha value is -0.650. The molecule has 0 spiro atoms. The van der Waals surface area contributed by atoms with Crippen molar-refractivity contribution in [1.29, 1.82) is 0 Å². The number of nitrogens with two attached hydrogens (primary N) is 1. The van der Waals surface area contributed by atoms with Gasteiger partial charge in [0.05, 0.1) is 5.41 Å². The molecule has 5 nitrogen and oxygen atoms in total. The monoisotopic (exact) mass is 283 g/mol. The molecule has 0 aromatic carbocycles. The van der Waals surface area contributed by atoms with Gasteiger partial charge in [0.1, 0.15) is 0 Å². The zero-order valence-corrected chi connectivity index (χ0v) is 12.7. The van der Waals surface area contributed by atoms with Crippen molar-refractivity contribution >= 4 is 5.91 Å². The first kappa shape index (κ1) is 15.7. The van der Waals surface area contributed by atoms with E-state index in [0.29, 0.717) is 25.7 Å². The van der Waals surface area contributed by atoms with Gasteiger partial charge in [-0.05, 0) is 44.7 Å². The van der Waals surface area contributed by atoms with E-state index in [4.69, 9.17) is 10.5 Å². The van der Waals surface area contributed by atoms with E-state index in [1.54, 1.807) is 0 Å². The average Bonchev–Trinajstić information content (AvgIpc) is 2.98. The Morgan fingerprint density at radius 1 is 1.35 bits per heavy atom. The largest absolute Gasteiger partial charge is 0.381 e. The highest BCUT2D eigenvalue weighted by atomic mass is 16.5. The number of rotatable bonds is 6. The molecule has 2 aliphatic heterocycles. The number of ether oxygens (including phenoxy) is 1. The lowest BCUT2D eigenvalue weighted by molar-refractivity contribution is -0.136. The maximum Gasteiger partial charge on any atom is 0.227 e. The van der Waals surface area contributed by atoms with Crippen LogP contribution in [0.1, 0.15) is 32.6 Å². The van der Waals surface area contributed by atoms with Crippen LogP contribution in [0, 0.1) is 11.3 Å². The van der Waals surface area contributed by atoms with Crippen molar-refractivity contribution in [2.24, 2.45) is 17.1 Å². The van der Waals surface area contributed by atoms with Gasteiger partial charge in [-0.3, -0.25) is 4.79 Å². The first-order valence-corrected chi connectivity index (χ1v) is 7.95. The van der Waals surface area contributed by atoms with Crippen LogP contribution in [0.3, 0.4) is 0 Å². The van der Waals surface area contributed by atoms with Gasteiger partial charge in [-0.1, -0.05) is 6.92 Å². The molecular weight excluding hydrogens is 254 g/mol. The molecule has 20 heavy (non-hydrogen) atoms. The summed E-state index contributed by atoms with van der Waals surface area (Å²) in [6.07, 6.45) is 4.12. The second kappa shape index (κ2) is 7.38. The third-order valence-electron chi connectivity index (χ3n) is 4.70. The first-order valence-electron chi connectivity index (χ1n) is 7.95. The number of likely N-dealkylation sites (tertiary alicyclic amines) is 1. The van der Waals surface area contributed by atoms with E-state index in [0.717, 1.165) is 25.9 Å². The predicted molar refractivity (Wildman–Crippen MR) is 79.4 cm³/mol. The van der Waals surface area contributed by atoms with Gasteiger partial charge in [-0.25, -0.2) is 0 Å². The lowest BCUT2D eigenvalue weighted by atomic mass is 9.79. The van der Waals surface area contributed by atoms with Crippen LogP contribution in [0.4, 0.5) is 0 Å². The summed E-state index contributed by atoms with van der Waals surface area (Å²) < 4.78 is 5.35. The van der Waals surface area contributed by atoms with Crippen molar-refractivity contribution in [2.45, 2.75) is 32.6 Å². The van der Waals surface area contributed by atoms with E-state index in [1.165, 1.54) is 25.9 Å². The summed E-state index contributed by atoms with van der Waals surface area (Å²) in [4.78, 5) is 14.9. The van der Waals surface area contributed by atoms with Gasteiger partial charge in [0.15, 0.2) is 0 Å². The van der Waals surface area contributed by atoms with E-state index < -0.39 is 5.41 Å². The maximum absolute atomic E-state index is 12.4. The highest BCUT2D eigenvalue weighted by molar-refractivity contribution is 5.83. The SMILES string of the molecule is CC(CNC(=O)C1(CN)CCOCC1)CN1CCCC1. The number of nitrogens with one attached hydrogen (secondary N) is 1. The molecule has 0 aromatic heterocycles. The summed E-state index contributed by atoms with van der Waals surface area (Å²) in [6, 6.07) is 0. The van der Waals surface area contributed by atoms with Crippen molar-refractivity contribution in [2.75, 3.05) is 45.9 Å². The minimum Gasteiger partial charge on any atom is -0.381 e. The topological polar surface area (TPSA) is 67.6 Å². The summed E-state index contributed by atoms with van der Waals surface area (Å²) >= 11 is 0.